The molecular formula is C21H13F3N4O3S2. The van der Waals surface area contributed by atoms with E-state index in [9.17, 15) is 21.6 Å². The van der Waals surface area contributed by atoms with Crippen molar-refractivity contribution in [3.05, 3.63) is 71.5 Å². The summed E-state index contributed by atoms with van der Waals surface area (Å²) in [5.74, 6) is -0.291. The van der Waals surface area contributed by atoms with E-state index in [1.807, 2.05) is 6.07 Å². The van der Waals surface area contributed by atoms with Crippen LogP contribution in [0.3, 0.4) is 0 Å². The summed E-state index contributed by atoms with van der Waals surface area (Å²) in [6.45, 7) is 0. The number of rotatable bonds is 5. The van der Waals surface area contributed by atoms with Crippen LogP contribution in [-0.4, -0.2) is 25.5 Å². The van der Waals surface area contributed by atoms with Gasteiger partial charge >= 0.3 is 6.18 Å². The monoisotopic (exact) mass is 490 g/mol. The fourth-order valence-electron chi connectivity index (χ4n) is 3.12. The van der Waals surface area contributed by atoms with Crippen LogP contribution in [0.5, 0.6) is 5.75 Å². The van der Waals surface area contributed by atoms with Gasteiger partial charge in [0, 0.05) is 23.2 Å². The van der Waals surface area contributed by atoms with Crippen molar-refractivity contribution in [2.75, 3.05) is 11.4 Å². The molecule has 0 aliphatic rings. The Morgan fingerprint density at radius 3 is 2.52 bits per heavy atom. The number of fused-ring (bicyclic) bond motifs is 1. The third-order valence-electron chi connectivity index (χ3n) is 4.66. The normalized spacial score (nSPS) is 11.8. The van der Waals surface area contributed by atoms with Crippen molar-refractivity contribution in [2.45, 2.75) is 11.1 Å². The molecule has 4 aromatic rings. The van der Waals surface area contributed by atoms with Crippen LogP contribution in [0, 0.1) is 11.3 Å². The zero-order valence-corrected chi connectivity index (χ0v) is 18.4. The third-order valence-corrected chi connectivity index (χ3v) is 7.24. The number of benzene rings is 2. The largest absolute Gasteiger partial charge is 0.495 e. The van der Waals surface area contributed by atoms with Gasteiger partial charge in [0.25, 0.3) is 10.0 Å². The fourth-order valence-corrected chi connectivity index (χ4v) is 5.49. The number of ether oxygens (including phenoxy) is 1. The molecule has 0 atom stereocenters. The van der Waals surface area contributed by atoms with Crippen LogP contribution < -0.4 is 9.04 Å². The SMILES string of the molecule is COc1cc(C(F)(F)F)ccc1N(c1nccs1)S(=O)(=O)c1ccc2cnc(C#N)cc2c1. The molecule has 0 bridgehead atoms. The molecule has 0 saturated heterocycles. The molecule has 0 N–H and O–H groups in total. The first-order chi connectivity index (χ1) is 15.6. The first kappa shape index (κ1) is 22.5. The van der Waals surface area contributed by atoms with Gasteiger partial charge in [-0.3, -0.25) is 0 Å². The summed E-state index contributed by atoms with van der Waals surface area (Å²) in [5, 5.41) is 11.7. The van der Waals surface area contributed by atoms with E-state index in [0.29, 0.717) is 10.8 Å². The van der Waals surface area contributed by atoms with Crippen molar-refractivity contribution < 1.29 is 26.3 Å². The maximum absolute atomic E-state index is 13.7. The molecule has 12 heteroatoms. The number of thiazole rings is 1. The molecule has 0 fully saturated rings. The zero-order chi connectivity index (χ0) is 23.8. The maximum atomic E-state index is 13.7. The van der Waals surface area contributed by atoms with Gasteiger partial charge in [-0.1, -0.05) is 6.07 Å². The molecule has 4 rings (SSSR count). The van der Waals surface area contributed by atoms with Gasteiger partial charge in [-0.05, 0) is 41.8 Å². The molecule has 2 aromatic heterocycles. The first-order valence-electron chi connectivity index (χ1n) is 9.15. The summed E-state index contributed by atoms with van der Waals surface area (Å²) < 4.78 is 73.0. The summed E-state index contributed by atoms with van der Waals surface area (Å²) in [7, 11) is -3.20. The van der Waals surface area contributed by atoms with Gasteiger partial charge < -0.3 is 4.74 Å². The third kappa shape index (κ3) is 4.20. The number of methoxy groups -OCH3 is 1. The smallest absolute Gasteiger partial charge is 0.416 e. The van der Waals surface area contributed by atoms with Crippen molar-refractivity contribution >= 4 is 43.0 Å². The number of alkyl halides is 3. The summed E-state index contributed by atoms with van der Waals surface area (Å²) >= 11 is 0.991. The van der Waals surface area contributed by atoms with Gasteiger partial charge in [-0.2, -0.15) is 18.4 Å². The summed E-state index contributed by atoms with van der Waals surface area (Å²) in [5.41, 5.74) is -1.01. The second-order valence-electron chi connectivity index (χ2n) is 6.66. The Labute approximate surface area is 190 Å². The molecule has 2 heterocycles. The Morgan fingerprint density at radius 2 is 1.88 bits per heavy atom. The molecule has 0 radical (unpaired) electrons. The molecule has 33 heavy (non-hydrogen) atoms. The van der Waals surface area contributed by atoms with Crippen molar-refractivity contribution in [1.82, 2.24) is 9.97 Å². The Balaban J connectivity index is 1.92. The van der Waals surface area contributed by atoms with E-state index in [1.165, 1.54) is 36.7 Å². The molecule has 0 spiro atoms. The minimum atomic E-state index is -4.64. The molecule has 168 valence electrons. The maximum Gasteiger partial charge on any atom is 0.416 e. The average molecular weight is 490 g/mol. The first-order valence-corrected chi connectivity index (χ1v) is 11.5. The number of anilines is 2. The van der Waals surface area contributed by atoms with Crippen LogP contribution in [0.4, 0.5) is 24.0 Å². The minimum absolute atomic E-state index is 0.0144. The minimum Gasteiger partial charge on any atom is -0.495 e. The van der Waals surface area contributed by atoms with Crippen molar-refractivity contribution in [2.24, 2.45) is 0 Å². The van der Waals surface area contributed by atoms with Gasteiger partial charge in [-0.25, -0.2) is 22.7 Å². The predicted octanol–water partition coefficient (Wildman–Crippen LogP) is 5.12. The molecular weight excluding hydrogens is 477 g/mol. The van der Waals surface area contributed by atoms with Gasteiger partial charge in [0.15, 0.2) is 0 Å². The van der Waals surface area contributed by atoms with Gasteiger partial charge in [0.2, 0.25) is 5.13 Å². The molecule has 2 aromatic carbocycles. The van der Waals surface area contributed by atoms with Gasteiger partial charge in [-0.15, -0.1) is 11.3 Å². The van der Waals surface area contributed by atoms with E-state index in [-0.39, 0.29) is 27.2 Å². The standard InChI is InChI=1S/C21H13F3N4O3S2/c1-31-19-10-15(21(22,23)24)3-5-18(19)28(20-26-6-7-32-20)33(29,30)17-4-2-13-12-27-16(11-25)8-14(13)9-17/h2-10,12H,1H3. The highest BCUT2D eigenvalue weighted by atomic mass is 32.2. The lowest BCUT2D eigenvalue weighted by Gasteiger charge is -2.24. The lowest BCUT2D eigenvalue weighted by Crippen LogP contribution is -2.27. The summed E-state index contributed by atoms with van der Waals surface area (Å²) in [6, 6.07) is 10.1. The van der Waals surface area contributed by atoms with E-state index >= 15 is 0 Å². The fraction of sp³-hybridized carbons (Fsp3) is 0.0952. The second-order valence-corrected chi connectivity index (χ2v) is 9.32. The van der Waals surface area contributed by atoms with E-state index in [1.54, 1.807) is 5.38 Å². The van der Waals surface area contributed by atoms with Crippen molar-refractivity contribution in [1.29, 1.82) is 5.26 Å². The topological polar surface area (TPSA) is 96.2 Å². The van der Waals surface area contributed by atoms with E-state index in [4.69, 9.17) is 10.00 Å². The van der Waals surface area contributed by atoms with Crippen LogP contribution in [0.1, 0.15) is 11.3 Å². The Hall–Kier alpha value is -3.69. The van der Waals surface area contributed by atoms with Crippen LogP contribution in [0.15, 0.2) is 65.1 Å². The molecule has 0 amide bonds. The molecule has 0 unspecified atom stereocenters. The van der Waals surface area contributed by atoms with E-state index in [0.717, 1.165) is 41.0 Å². The van der Waals surface area contributed by atoms with Crippen LogP contribution in [-0.2, 0) is 16.2 Å². The summed E-state index contributed by atoms with van der Waals surface area (Å²) in [4.78, 5) is 7.86. The van der Waals surface area contributed by atoms with Crippen LogP contribution in [0.25, 0.3) is 10.8 Å². The summed E-state index contributed by atoms with van der Waals surface area (Å²) in [6.07, 6.45) is -1.81. The van der Waals surface area contributed by atoms with E-state index < -0.39 is 21.8 Å². The Bertz CT molecular complexity index is 1480. The number of hydrogen-bond donors (Lipinski definition) is 0. The predicted molar refractivity (Wildman–Crippen MR) is 116 cm³/mol. The van der Waals surface area contributed by atoms with Gasteiger partial charge in [0.05, 0.1) is 17.6 Å². The highest BCUT2D eigenvalue weighted by Gasteiger charge is 2.35. The van der Waals surface area contributed by atoms with Gasteiger partial charge in [0.1, 0.15) is 23.2 Å². The average Bonchev–Trinajstić information content (AvgIpc) is 3.31. The van der Waals surface area contributed by atoms with E-state index in [2.05, 4.69) is 9.97 Å². The van der Waals surface area contributed by atoms with Crippen molar-refractivity contribution in [3.8, 4) is 11.8 Å². The van der Waals surface area contributed by atoms with Crippen molar-refractivity contribution in [3.63, 3.8) is 0 Å². The molecule has 0 aliphatic heterocycles. The number of pyridine rings is 1. The number of sulfonamides is 1. The number of hydrogen-bond acceptors (Lipinski definition) is 7. The number of halogens is 3. The number of nitriles is 1. The molecule has 0 saturated carbocycles. The zero-order valence-electron chi connectivity index (χ0n) is 16.7. The van der Waals surface area contributed by atoms with Crippen LogP contribution in [0.2, 0.25) is 0 Å². The molecule has 0 aliphatic carbocycles. The number of nitrogens with zero attached hydrogens (tertiary/aromatic N) is 4. The second kappa shape index (κ2) is 8.34. The Morgan fingerprint density at radius 1 is 1.09 bits per heavy atom. The highest BCUT2D eigenvalue weighted by molar-refractivity contribution is 7.93. The lowest BCUT2D eigenvalue weighted by molar-refractivity contribution is -0.137. The lowest BCUT2D eigenvalue weighted by atomic mass is 10.1. The Kier molecular flexibility index (Phi) is 5.69. The van der Waals surface area contributed by atoms with Crippen LogP contribution >= 0.6 is 11.3 Å². The molecule has 7 nitrogen and oxygen atoms in total. The quantitative estimate of drug-likeness (QED) is 0.385. The number of aromatic nitrogens is 2. The highest BCUT2D eigenvalue weighted by Crippen LogP contribution is 2.42.